The van der Waals surface area contributed by atoms with E-state index in [1.165, 1.54) is 12.8 Å². The first kappa shape index (κ1) is 12.5. The Morgan fingerprint density at radius 2 is 1.94 bits per heavy atom. The molecule has 0 amide bonds. The molecule has 1 radical (unpaired) electrons. The second-order valence-electron chi connectivity index (χ2n) is 5.23. The number of hydrogen-bond acceptors (Lipinski definition) is 2. The van der Waals surface area contributed by atoms with Gasteiger partial charge in [-0.25, -0.2) is 0 Å². The molecule has 18 heavy (non-hydrogen) atoms. The molecule has 1 saturated carbocycles. The van der Waals surface area contributed by atoms with Crippen LogP contribution in [0.2, 0.25) is 5.02 Å². The van der Waals surface area contributed by atoms with E-state index >= 15 is 0 Å². The fourth-order valence-corrected chi connectivity index (χ4v) is 3.15. The summed E-state index contributed by atoms with van der Waals surface area (Å²) in [5.41, 5.74) is 1.11. The minimum atomic E-state index is -0.349. The van der Waals surface area contributed by atoms with Crippen LogP contribution in [0.1, 0.15) is 31.2 Å². The minimum Gasteiger partial charge on any atom is -0.344 e. The highest BCUT2D eigenvalue weighted by atomic mass is 35.5. The van der Waals surface area contributed by atoms with Crippen molar-refractivity contribution in [3.63, 3.8) is 0 Å². The first-order valence-electron chi connectivity index (χ1n) is 6.61. The van der Waals surface area contributed by atoms with E-state index in [1.807, 2.05) is 24.3 Å². The average Bonchev–Trinajstić information content (AvgIpc) is 2.91. The smallest absolute Gasteiger partial charge is 0.169 e. The van der Waals surface area contributed by atoms with Crippen molar-refractivity contribution >= 4 is 11.6 Å². The van der Waals surface area contributed by atoms with Gasteiger partial charge < -0.3 is 9.47 Å². The Morgan fingerprint density at radius 3 is 2.67 bits per heavy atom. The fourth-order valence-electron chi connectivity index (χ4n) is 2.93. The second-order valence-corrected chi connectivity index (χ2v) is 5.63. The predicted octanol–water partition coefficient (Wildman–Crippen LogP) is 3.77. The lowest BCUT2D eigenvalue weighted by Crippen LogP contribution is -2.27. The van der Waals surface area contributed by atoms with Crippen molar-refractivity contribution in [2.24, 2.45) is 0 Å². The van der Waals surface area contributed by atoms with Gasteiger partial charge in [0.1, 0.15) is 0 Å². The zero-order valence-electron chi connectivity index (χ0n) is 10.4. The van der Waals surface area contributed by atoms with Crippen LogP contribution in [0.25, 0.3) is 0 Å². The molecule has 0 bridgehead atoms. The highest BCUT2D eigenvalue weighted by Crippen LogP contribution is 2.42. The molecule has 1 aliphatic heterocycles. The third kappa shape index (κ3) is 2.29. The number of hydrogen-bond donors (Lipinski definition) is 0. The van der Waals surface area contributed by atoms with Crippen molar-refractivity contribution in [1.29, 1.82) is 0 Å². The van der Waals surface area contributed by atoms with E-state index < -0.39 is 0 Å². The van der Waals surface area contributed by atoms with Gasteiger partial charge >= 0.3 is 0 Å². The van der Waals surface area contributed by atoms with Crippen LogP contribution in [0, 0.1) is 6.92 Å². The standard InChI is InChI=1S/C15H18ClO2/c1-11-14(10-12-6-2-3-7-13(12)16)18-15(17-11)8-4-5-9-15/h2-3,6-7,11,14H,1,4-5,8-10H2. The molecule has 1 spiro atoms. The Hall–Kier alpha value is -0.570. The van der Waals surface area contributed by atoms with Crippen LogP contribution in [0.4, 0.5) is 0 Å². The van der Waals surface area contributed by atoms with Gasteiger partial charge in [-0.2, -0.15) is 0 Å². The highest BCUT2D eigenvalue weighted by molar-refractivity contribution is 6.31. The molecule has 0 N–H and O–H groups in total. The topological polar surface area (TPSA) is 18.5 Å². The number of halogens is 1. The molecular weight excluding hydrogens is 248 g/mol. The van der Waals surface area contributed by atoms with Crippen molar-refractivity contribution in [1.82, 2.24) is 0 Å². The van der Waals surface area contributed by atoms with Crippen LogP contribution in [0.15, 0.2) is 24.3 Å². The Bertz CT molecular complexity index is 426. The SMILES string of the molecule is [CH2]C1OC2(CCCC2)OC1Cc1ccccc1Cl. The maximum absolute atomic E-state index is 6.18. The van der Waals surface area contributed by atoms with Gasteiger partial charge in [-0.3, -0.25) is 0 Å². The molecule has 2 aliphatic rings. The lowest BCUT2D eigenvalue weighted by Gasteiger charge is -2.22. The molecule has 97 valence electrons. The predicted molar refractivity (Wildman–Crippen MR) is 71.5 cm³/mol. The summed E-state index contributed by atoms with van der Waals surface area (Å²) in [7, 11) is 0. The molecule has 1 heterocycles. The first-order chi connectivity index (χ1) is 8.69. The Kier molecular flexibility index (Phi) is 3.35. The van der Waals surface area contributed by atoms with E-state index in [2.05, 4.69) is 6.92 Å². The number of rotatable bonds is 2. The van der Waals surface area contributed by atoms with E-state index in [0.29, 0.717) is 0 Å². The lowest BCUT2D eigenvalue weighted by atomic mass is 10.0. The molecule has 3 heteroatoms. The molecule has 1 aromatic rings. The summed E-state index contributed by atoms with van der Waals surface area (Å²) in [6.45, 7) is 4.07. The van der Waals surface area contributed by atoms with Crippen molar-refractivity contribution in [2.75, 3.05) is 0 Å². The zero-order valence-corrected chi connectivity index (χ0v) is 11.2. The largest absolute Gasteiger partial charge is 0.344 e. The monoisotopic (exact) mass is 265 g/mol. The van der Waals surface area contributed by atoms with Gasteiger partial charge in [0, 0.05) is 24.3 Å². The molecule has 2 nitrogen and oxygen atoms in total. The van der Waals surface area contributed by atoms with Crippen molar-refractivity contribution in [3.05, 3.63) is 41.8 Å². The summed E-state index contributed by atoms with van der Waals surface area (Å²) in [5, 5.41) is 0.792. The summed E-state index contributed by atoms with van der Waals surface area (Å²) in [6, 6.07) is 7.90. The van der Waals surface area contributed by atoms with Gasteiger partial charge in [-0.1, -0.05) is 29.8 Å². The fraction of sp³-hybridized carbons (Fsp3) is 0.533. The van der Waals surface area contributed by atoms with Crippen LogP contribution < -0.4 is 0 Å². The third-order valence-corrected chi connectivity index (χ3v) is 4.26. The van der Waals surface area contributed by atoms with Gasteiger partial charge in [0.2, 0.25) is 0 Å². The molecule has 1 saturated heterocycles. The summed E-state index contributed by atoms with van der Waals surface area (Å²) >= 11 is 6.18. The lowest BCUT2D eigenvalue weighted by molar-refractivity contribution is -0.166. The Morgan fingerprint density at radius 1 is 1.22 bits per heavy atom. The third-order valence-electron chi connectivity index (χ3n) is 3.89. The van der Waals surface area contributed by atoms with E-state index in [-0.39, 0.29) is 18.0 Å². The summed E-state index contributed by atoms with van der Waals surface area (Å²) < 4.78 is 12.1. The van der Waals surface area contributed by atoms with Crippen molar-refractivity contribution in [2.45, 2.75) is 50.1 Å². The molecule has 2 atom stereocenters. The normalized spacial score (nSPS) is 30.1. The maximum atomic E-state index is 6.18. The van der Waals surface area contributed by atoms with Gasteiger partial charge in [-0.15, -0.1) is 0 Å². The summed E-state index contributed by atoms with van der Waals surface area (Å²) in [4.78, 5) is 0. The molecule has 1 aromatic carbocycles. The van der Waals surface area contributed by atoms with E-state index in [1.54, 1.807) is 0 Å². The van der Waals surface area contributed by atoms with E-state index in [0.717, 1.165) is 29.8 Å². The zero-order chi connectivity index (χ0) is 12.6. The van der Waals surface area contributed by atoms with E-state index in [4.69, 9.17) is 21.1 Å². The molecule has 0 aromatic heterocycles. The van der Waals surface area contributed by atoms with Gasteiger partial charge in [-0.05, 0) is 31.4 Å². The Balaban J connectivity index is 1.72. The van der Waals surface area contributed by atoms with Gasteiger partial charge in [0.25, 0.3) is 0 Å². The van der Waals surface area contributed by atoms with Crippen molar-refractivity contribution in [3.8, 4) is 0 Å². The van der Waals surface area contributed by atoms with Crippen molar-refractivity contribution < 1.29 is 9.47 Å². The molecular formula is C15H18ClO2. The summed E-state index contributed by atoms with van der Waals surface area (Å²) in [6.07, 6.45) is 5.06. The molecule has 3 rings (SSSR count). The van der Waals surface area contributed by atoms with Crippen LogP contribution in [-0.4, -0.2) is 18.0 Å². The highest BCUT2D eigenvalue weighted by Gasteiger charge is 2.47. The van der Waals surface area contributed by atoms with Gasteiger partial charge in [0.05, 0.1) is 12.2 Å². The number of benzene rings is 1. The van der Waals surface area contributed by atoms with Gasteiger partial charge in [0.15, 0.2) is 5.79 Å². The van der Waals surface area contributed by atoms with Crippen LogP contribution in [0.3, 0.4) is 0 Å². The Labute approximate surface area is 113 Å². The van der Waals surface area contributed by atoms with Crippen LogP contribution >= 0.6 is 11.6 Å². The number of ether oxygens (including phenoxy) is 2. The van der Waals surface area contributed by atoms with Crippen LogP contribution in [0.5, 0.6) is 0 Å². The van der Waals surface area contributed by atoms with Crippen LogP contribution in [-0.2, 0) is 15.9 Å². The van der Waals surface area contributed by atoms with E-state index in [9.17, 15) is 0 Å². The quantitative estimate of drug-likeness (QED) is 0.810. The maximum Gasteiger partial charge on any atom is 0.169 e. The summed E-state index contributed by atoms with van der Waals surface area (Å²) in [5.74, 6) is -0.349. The molecule has 2 fully saturated rings. The molecule has 2 unspecified atom stereocenters. The first-order valence-corrected chi connectivity index (χ1v) is 6.98. The molecule has 1 aliphatic carbocycles. The average molecular weight is 266 g/mol. The second kappa shape index (κ2) is 4.84. The minimum absolute atomic E-state index is 0.0167.